The number of allylic oxidation sites excluding steroid dienone is 4. The Morgan fingerprint density at radius 1 is 0.679 bits per heavy atom. The average Bonchev–Trinajstić information content (AvgIpc) is 2.78. The van der Waals surface area contributed by atoms with Crippen molar-refractivity contribution in [3.8, 4) is 17.2 Å². The van der Waals surface area contributed by atoms with E-state index >= 15 is 0 Å². The number of nitriles is 1. The van der Waals surface area contributed by atoms with Gasteiger partial charge in [-0.05, 0) is 50.2 Å². The molecule has 1 nitrogen and oxygen atoms in total. The molecule has 0 N–H and O–H groups in total. The van der Waals surface area contributed by atoms with Crippen molar-refractivity contribution >= 4 is 27.1 Å². The van der Waals surface area contributed by atoms with Gasteiger partial charge < -0.3 is 0 Å². The Kier molecular flexibility index (Phi) is 4.04. The molecule has 0 saturated carbocycles. The standard InChI is InChI=1S/C27H19N/c28-18-19-14-16-21(17-15-19)27-24-12-6-4-10-22(24)26(20-8-2-1-3-9-20)23-11-5-7-13-25(23)27/h1-14,16-17,19H,15H2. The van der Waals surface area contributed by atoms with Crippen molar-refractivity contribution < 1.29 is 0 Å². The maximum Gasteiger partial charge on any atom is 0.0700 e. The molecular weight excluding hydrogens is 338 g/mol. The van der Waals surface area contributed by atoms with Crippen molar-refractivity contribution in [1.29, 1.82) is 5.26 Å². The predicted molar refractivity (Wildman–Crippen MR) is 118 cm³/mol. The fraction of sp³-hybridized carbons (Fsp3) is 0.0741. The first-order valence-corrected chi connectivity index (χ1v) is 9.64. The van der Waals surface area contributed by atoms with Crippen molar-refractivity contribution in [2.45, 2.75) is 6.42 Å². The Labute approximate surface area is 164 Å². The fourth-order valence-corrected chi connectivity index (χ4v) is 4.26. The van der Waals surface area contributed by atoms with Gasteiger partial charge in [0.2, 0.25) is 0 Å². The Morgan fingerprint density at radius 3 is 1.71 bits per heavy atom. The van der Waals surface area contributed by atoms with Gasteiger partial charge in [-0.25, -0.2) is 0 Å². The van der Waals surface area contributed by atoms with Crippen LogP contribution in [-0.4, -0.2) is 0 Å². The topological polar surface area (TPSA) is 23.8 Å². The molecule has 4 aromatic carbocycles. The van der Waals surface area contributed by atoms with E-state index in [1.54, 1.807) is 0 Å². The first-order valence-electron chi connectivity index (χ1n) is 9.64. The molecule has 132 valence electrons. The first-order chi connectivity index (χ1) is 13.9. The van der Waals surface area contributed by atoms with Gasteiger partial charge in [0.05, 0.1) is 12.0 Å². The summed E-state index contributed by atoms with van der Waals surface area (Å²) >= 11 is 0. The number of hydrogen-bond donors (Lipinski definition) is 0. The van der Waals surface area contributed by atoms with Gasteiger partial charge in [0.25, 0.3) is 0 Å². The number of nitrogens with zero attached hydrogens (tertiary/aromatic N) is 1. The molecule has 28 heavy (non-hydrogen) atoms. The maximum atomic E-state index is 9.22. The van der Waals surface area contributed by atoms with E-state index in [-0.39, 0.29) is 5.92 Å². The zero-order valence-electron chi connectivity index (χ0n) is 15.5. The molecule has 1 aliphatic rings. The molecule has 1 atom stereocenters. The van der Waals surface area contributed by atoms with Crippen LogP contribution in [0.25, 0.3) is 38.2 Å². The molecule has 0 heterocycles. The third-order valence-electron chi connectivity index (χ3n) is 5.55. The Balaban J connectivity index is 1.90. The SMILES string of the molecule is N#CC1C=CC(c2c3ccccc3c(-c3ccccc3)c3ccccc23)=CC1. The summed E-state index contributed by atoms with van der Waals surface area (Å²) in [7, 11) is 0. The van der Waals surface area contributed by atoms with Crippen LogP contribution in [0.2, 0.25) is 0 Å². The average molecular weight is 357 g/mol. The Hall–Kier alpha value is -3.63. The maximum absolute atomic E-state index is 9.22. The molecule has 0 aromatic heterocycles. The van der Waals surface area contributed by atoms with Gasteiger partial charge in [-0.15, -0.1) is 0 Å². The highest BCUT2D eigenvalue weighted by molar-refractivity contribution is 6.19. The summed E-state index contributed by atoms with van der Waals surface area (Å²) in [6.45, 7) is 0. The number of benzene rings is 4. The van der Waals surface area contributed by atoms with E-state index in [1.165, 1.54) is 43.8 Å². The Bertz CT molecular complexity index is 1230. The number of rotatable bonds is 2. The molecule has 0 bridgehead atoms. The van der Waals surface area contributed by atoms with Crippen LogP contribution in [0.3, 0.4) is 0 Å². The summed E-state index contributed by atoms with van der Waals surface area (Å²) in [5.41, 5.74) is 4.99. The van der Waals surface area contributed by atoms with E-state index in [4.69, 9.17) is 0 Å². The molecular formula is C27H19N. The second-order valence-electron chi connectivity index (χ2n) is 7.20. The highest BCUT2D eigenvalue weighted by Gasteiger charge is 2.18. The lowest BCUT2D eigenvalue weighted by Gasteiger charge is -2.19. The van der Waals surface area contributed by atoms with Gasteiger partial charge in [0, 0.05) is 0 Å². The quantitative estimate of drug-likeness (QED) is 0.350. The summed E-state index contributed by atoms with van der Waals surface area (Å²) < 4.78 is 0. The van der Waals surface area contributed by atoms with Crippen LogP contribution >= 0.6 is 0 Å². The molecule has 0 fully saturated rings. The van der Waals surface area contributed by atoms with Crippen molar-refractivity contribution in [2.75, 3.05) is 0 Å². The lowest BCUT2D eigenvalue weighted by molar-refractivity contribution is 0.841. The van der Waals surface area contributed by atoms with E-state index in [0.29, 0.717) is 0 Å². The zero-order valence-corrected chi connectivity index (χ0v) is 15.5. The molecule has 0 aliphatic heterocycles. The van der Waals surface area contributed by atoms with E-state index in [2.05, 4.69) is 97.1 Å². The number of fused-ring (bicyclic) bond motifs is 2. The van der Waals surface area contributed by atoms with Gasteiger partial charge in [-0.3, -0.25) is 0 Å². The second kappa shape index (κ2) is 6.83. The molecule has 0 saturated heterocycles. The molecule has 1 heteroatoms. The lowest BCUT2D eigenvalue weighted by atomic mass is 9.84. The normalized spacial score (nSPS) is 16.1. The minimum Gasteiger partial charge on any atom is -0.198 e. The van der Waals surface area contributed by atoms with Gasteiger partial charge in [0.15, 0.2) is 0 Å². The van der Waals surface area contributed by atoms with Crippen LogP contribution in [0.5, 0.6) is 0 Å². The van der Waals surface area contributed by atoms with Crippen LogP contribution in [-0.2, 0) is 0 Å². The van der Waals surface area contributed by atoms with Crippen molar-refractivity contribution in [2.24, 2.45) is 5.92 Å². The molecule has 0 spiro atoms. The molecule has 0 amide bonds. The summed E-state index contributed by atoms with van der Waals surface area (Å²) in [6.07, 6.45) is 7.13. The Morgan fingerprint density at radius 2 is 1.21 bits per heavy atom. The third kappa shape index (κ3) is 2.63. The van der Waals surface area contributed by atoms with Crippen LogP contribution in [0.15, 0.2) is 97.1 Å². The lowest BCUT2D eigenvalue weighted by Crippen LogP contribution is -1.98. The summed E-state index contributed by atoms with van der Waals surface area (Å²) in [4.78, 5) is 0. The molecule has 4 aromatic rings. The molecule has 1 unspecified atom stereocenters. The minimum atomic E-state index is -0.0233. The van der Waals surface area contributed by atoms with E-state index < -0.39 is 0 Å². The third-order valence-corrected chi connectivity index (χ3v) is 5.55. The predicted octanol–water partition coefficient (Wildman–Crippen LogP) is 7.14. The van der Waals surface area contributed by atoms with E-state index in [0.717, 1.165) is 6.42 Å². The smallest absolute Gasteiger partial charge is 0.0700 e. The second-order valence-corrected chi connectivity index (χ2v) is 7.20. The number of hydrogen-bond acceptors (Lipinski definition) is 1. The molecule has 5 rings (SSSR count). The van der Waals surface area contributed by atoms with Crippen LogP contribution in [0.1, 0.15) is 12.0 Å². The first kappa shape index (κ1) is 16.5. The fourth-order valence-electron chi connectivity index (χ4n) is 4.26. The van der Waals surface area contributed by atoms with Crippen molar-refractivity contribution in [3.63, 3.8) is 0 Å². The zero-order chi connectivity index (χ0) is 18.9. The summed E-state index contributed by atoms with van der Waals surface area (Å²) in [5, 5.41) is 14.3. The summed E-state index contributed by atoms with van der Waals surface area (Å²) in [6, 6.07) is 30.3. The molecule has 1 aliphatic carbocycles. The molecule has 0 radical (unpaired) electrons. The largest absolute Gasteiger partial charge is 0.198 e. The highest BCUT2D eigenvalue weighted by atomic mass is 14.3. The summed E-state index contributed by atoms with van der Waals surface area (Å²) in [5.74, 6) is -0.0233. The van der Waals surface area contributed by atoms with E-state index in [9.17, 15) is 5.26 Å². The van der Waals surface area contributed by atoms with Gasteiger partial charge in [0.1, 0.15) is 0 Å². The van der Waals surface area contributed by atoms with Crippen LogP contribution in [0.4, 0.5) is 0 Å². The van der Waals surface area contributed by atoms with Crippen molar-refractivity contribution in [3.05, 3.63) is 103 Å². The van der Waals surface area contributed by atoms with Gasteiger partial charge in [-0.1, -0.05) is 97.1 Å². The minimum absolute atomic E-state index is 0.0233. The van der Waals surface area contributed by atoms with E-state index in [1.807, 2.05) is 6.08 Å². The van der Waals surface area contributed by atoms with Gasteiger partial charge >= 0.3 is 0 Å². The van der Waals surface area contributed by atoms with Crippen LogP contribution < -0.4 is 0 Å². The monoisotopic (exact) mass is 357 g/mol. The van der Waals surface area contributed by atoms with Crippen molar-refractivity contribution in [1.82, 2.24) is 0 Å². The van der Waals surface area contributed by atoms with Gasteiger partial charge in [-0.2, -0.15) is 5.26 Å². The van der Waals surface area contributed by atoms with Crippen LogP contribution in [0, 0.1) is 17.2 Å². The highest BCUT2D eigenvalue weighted by Crippen LogP contribution is 2.42.